The van der Waals surface area contributed by atoms with Gasteiger partial charge in [0.2, 0.25) is 0 Å². The zero-order valence-electron chi connectivity index (χ0n) is 11.6. The monoisotopic (exact) mass is 301 g/mol. The second kappa shape index (κ2) is 6.91. The lowest BCUT2D eigenvalue weighted by atomic mass is 10.1. The van der Waals surface area contributed by atoms with Gasteiger partial charge in [-0.2, -0.15) is 0 Å². The minimum absolute atomic E-state index is 0.389. The summed E-state index contributed by atoms with van der Waals surface area (Å²) < 4.78 is 40.1. The SMILES string of the molecule is NCCCN1CCN(C(=O)c2c(F)cc(F)cc2F)CC1. The highest BCUT2D eigenvalue weighted by molar-refractivity contribution is 5.94. The second-order valence-electron chi connectivity index (χ2n) is 5.02. The van der Waals surface area contributed by atoms with Gasteiger partial charge in [-0.1, -0.05) is 0 Å². The standard InChI is InChI=1S/C14H18F3N3O/c15-10-8-11(16)13(12(17)9-10)14(21)20-6-4-19(5-7-20)3-1-2-18/h8-9H,1-7,18H2. The van der Waals surface area contributed by atoms with Gasteiger partial charge in [-0.15, -0.1) is 0 Å². The Bertz CT molecular complexity index is 493. The molecule has 116 valence electrons. The Balaban J connectivity index is 2.02. The molecule has 1 amide bonds. The smallest absolute Gasteiger partial charge is 0.259 e. The fourth-order valence-electron chi connectivity index (χ4n) is 2.39. The molecule has 1 heterocycles. The predicted octanol–water partition coefficient (Wildman–Crippen LogP) is 1.21. The second-order valence-corrected chi connectivity index (χ2v) is 5.02. The van der Waals surface area contributed by atoms with Crippen molar-refractivity contribution in [3.05, 3.63) is 35.1 Å². The first-order chi connectivity index (χ1) is 10.0. The van der Waals surface area contributed by atoms with E-state index in [0.29, 0.717) is 44.9 Å². The summed E-state index contributed by atoms with van der Waals surface area (Å²) in [4.78, 5) is 15.7. The summed E-state index contributed by atoms with van der Waals surface area (Å²) in [6.07, 6.45) is 0.870. The number of piperazine rings is 1. The average Bonchev–Trinajstić information content (AvgIpc) is 2.44. The molecule has 1 aromatic rings. The number of amides is 1. The summed E-state index contributed by atoms with van der Waals surface area (Å²) in [6.45, 7) is 3.49. The molecule has 2 rings (SSSR count). The summed E-state index contributed by atoms with van der Waals surface area (Å²) in [5, 5.41) is 0. The molecular formula is C14H18F3N3O. The van der Waals surface area contributed by atoms with Crippen LogP contribution in [0.3, 0.4) is 0 Å². The topological polar surface area (TPSA) is 49.6 Å². The summed E-state index contributed by atoms with van der Waals surface area (Å²) in [5.74, 6) is -4.09. The van der Waals surface area contributed by atoms with Crippen molar-refractivity contribution in [3.63, 3.8) is 0 Å². The van der Waals surface area contributed by atoms with Gasteiger partial charge in [0, 0.05) is 38.3 Å². The number of halogens is 3. The van der Waals surface area contributed by atoms with Crippen molar-refractivity contribution in [1.29, 1.82) is 0 Å². The minimum atomic E-state index is -1.16. The molecule has 2 N–H and O–H groups in total. The zero-order chi connectivity index (χ0) is 15.4. The Morgan fingerprint density at radius 2 is 1.67 bits per heavy atom. The molecule has 1 aliphatic heterocycles. The van der Waals surface area contributed by atoms with E-state index in [4.69, 9.17) is 5.73 Å². The van der Waals surface area contributed by atoms with Crippen LogP contribution in [0.15, 0.2) is 12.1 Å². The highest BCUT2D eigenvalue weighted by Crippen LogP contribution is 2.18. The van der Waals surface area contributed by atoms with Gasteiger partial charge in [-0.25, -0.2) is 13.2 Å². The average molecular weight is 301 g/mol. The van der Waals surface area contributed by atoms with Gasteiger partial charge >= 0.3 is 0 Å². The van der Waals surface area contributed by atoms with E-state index in [9.17, 15) is 18.0 Å². The van der Waals surface area contributed by atoms with Gasteiger partial charge in [0.15, 0.2) is 0 Å². The van der Waals surface area contributed by atoms with E-state index in [1.54, 1.807) is 0 Å². The molecule has 0 unspecified atom stereocenters. The highest BCUT2D eigenvalue weighted by atomic mass is 19.1. The van der Waals surface area contributed by atoms with Crippen LogP contribution in [0.1, 0.15) is 16.8 Å². The van der Waals surface area contributed by atoms with Gasteiger partial charge in [-0.05, 0) is 19.5 Å². The van der Waals surface area contributed by atoms with E-state index >= 15 is 0 Å². The van der Waals surface area contributed by atoms with Crippen molar-refractivity contribution in [2.24, 2.45) is 5.73 Å². The molecular weight excluding hydrogens is 283 g/mol. The molecule has 1 aliphatic rings. The Hall–Kier alpha value is -1.60. The summed E-state index contributed by atoms with van der Waals surface area (Å²) in [5.41, 5.74) is 4.75. The predicted molar refractivity (Wildman–Crippen MR) is 72.3 cm³/mol. The first kappa shape index (κ1) is 15.8. The number of benzene rings is 1. The molecule has 7 heteroatoms. The van der Waals surface area contributed by atoms with Crippen LogP contribution < -0.4 is 5.73 Å². The van der Waals surface area contributed by atoms with Gasteiger partial charge in [0.05, 0.1) is 0 Å². The van der Waals surface area contributed by atoms with Crippen molar-refractivity contribution in [2.75, 3.05) is 39.3 Å². The van der Waals surface area contributed by atoms with Crippen LogP contribution in [0.5, 0.6) is 0 Å². The normalized spacial score (nSPS) is 16.3. The Labute approximate surface area is 121 Å². The third kappa shape index (κ3) is 3.74. The lowest BCUT2D eigenvalue weighted by molar-refractivity contribution is 0.0627. The molecule has 0 aliphatic carbocycles. The Morgan fingerprint density at radius 1 is 1.10 bits per heavy atom. The van der Waals surface area contributed by atoms with Crippen molar-refractivity contribution >= 4 is 5.91 Å². The van der Waals surface area contributed by atoms with E-state index in [0.717, 1.165) is 13.0 Å². The van der Waals surface area contributed by atoms with Gasteiger partial charge in [0.1, 0.15) is 23.0 Å². The maximum Gasteiger partial charge on any atom is 0.259 e. The van der Waals surface area contributed by atoms with E-state index in [2.05, 4.69) is 4.90 Å². The third-order valence-electron chi connectivity index (χ3n) is 3.56. The van der Waals surface area contributed by atoms with Crippen LogP contribution in [0.25, 0.3) is 0 Å². The largest absolute Gasteiger partial charge is 0.336 e. The lowest BCUT2D eigenvalue weighted by Crippen LogP contribution is -2.49. The lowest BCUT2D eigenvalue weighted by Gasteiger charge is -2.34. The van der Waals surface area contributed by atoms with Crippen LogP contribution in [-0.2, 0) is 0 Å². The van der Waals surface area contributed by atoms with Crippen LogP contribution >= 0.6 is 0 Å². The number of carbonyl (C=O) groups excluding carboxylic acids is 1. The fraction of sp³-hybridized carbons (Fsp3) is 0.500. The highest BCUT2D eigenvalue weighted by Gasteiger charge is 2.27. The molecule has 4 nitrogen and oxygen atoms in total. The maximum absolute atomic E-state index is 13.6. The molecule has 1 aromatic carbocycles. The van der Waals surface area contributed by atoms with Gasteiger partial charge in [0.25, 0.3) is 5.91 Å². The number of carbonyl (C=O) groups is 1. The fourth-order valence-corrected chi connectivity index (χ4v) is 2.39. The van der Waals surface area contributed by atoms with E-state index in [1.807, 2.05) is 0 Å². The molecule has 0 bridgehead atoms. The first-order valence-electron chi connectivity index (χ1n) is 6.89. The van der Waals surface area contributed by atoms with Crippen LogP contribution in [0, 0.1) is 17.5 Å². The number of hydrogen-bond acceptors (Lipinski definition) is 3. The van der Waals surface area contributed by atoms with Gasteiger partial charge in [-0.3, -0.25) is 9.69 Å². The van der Waals surface area contributed by atoms with Crippen molar-refractivity contribution in [2.45, 2.75) is 6.42 Å². The third-order valence-corrected chi connectivity index (χ3v) is 3.56. The molecule has 0 spiro atoms. The Kier molecular flexibility index (Phi) is 5.19. The number of hydrogen-bond donors (Lipinski definition) is 1. The van der Waals surface area contributed by atoms with Gasteiger partial charge < -0.3 is 10.6 Å². The van der Waals surface area contributed by atoms with E-state index in [-0.39, 0.29) is 0 Å². The summed E-state index contributed by atoms with van der Waals surface area (Å²) >= 11 is 0. The molecule has 1 fully saturated rings. The van der Waals surface area contributed by atoms with E-state index < -0.39 is 28.9 Å². The maximum atomic E-state index is 13.6. The minimum Gasteiger partial charge on any atom is -0.336 e. The quantitative estimate of drug-likeness (QED) is 0.909. The number of rotatable bonds is 4. The van der Waals surface area contributed by atoms with Crippen LogP contribution in [-0.4, -0.2) is 55.0 Å². The van der Waals surface area contributed by atoms with Crippen molar-refractivity contribution in [1.82, 2.24) is 9.80 Å². The summed E-state index contributed by atoms with van der Waals surface area (Å²) in [7, 11) is 0. The Morgan fingerprint density at radius 3 is 2.19 bits per heavy atom. The zero-order valence-corrected chi connectivity index (χ0v) is 11.6. The molecule has 21 heavy (non-hydrogen) atoms. The molecule has 0 radical (unpaired) electrons. The summed E-state index contributed by atoms with van der Waals surface area (Å²) in [6, 6.07) is 1.04. The first-order valence-corrected chi connectivity index (χ1v) is 6.89. The molecule has 0 saturated carbocycles. The molecule has 0 atom stereocenters. The van der Waals surface area contributed by atoms with Crippen molar-refractivity contribution in [3.8, 4) is 0 Å². The van der Waals surface area contributed by atoms with E-state index in [1.165, 1.54) is 4.90 Å². The number of nitrogens with two attached hydrogens (primary N) is 1. The number of nitrogens with zero attached hydrogens (tertiary/aromatic N) is 2. The van der Waals surface area contributed by atoms with Crippen LogP contribution in [0.4, 0.5) is 13.2 Å². The van der Waals surface area contributed by atoms with Crippen LogP contribution in [0.2, 0.25) is 0 Å². The van der Waals surface area contributed by atoms with Crippen molar-refractivity contribution < 1.29 is 18.0 Å². The molecule has 1 saturated heterocycles. The molecule has 0 aromatic heterocycles.